The van der Waals surface area contributed by atoms with E-state index in [2.05, 4.69) is 5.10 Å². The van der Waals surface area contributed by atoms with Crippen LogP contribution in [0.25, 0.3) is 15.9 Å². The number of hydrogen-bond acceptors (Lipinski definition) is 5. The summed E-state index contributed by atoms with van der Waals surface area (Å²) in [6, 6.07) is 11.5. The summed E-state index contributed by atoms with van der Waals surface area (Å²) in [6.07, 6.45) is -0.820. The number of nitrogens with zero attached hydrogens (tertiary/aromatic N) is 3. The van der Waals surface area contributed by atoms with Crippen molar-refractivity contribution in [2.75, 3.05) is 14.1 Å². The lowest BCUT2D eigenvalue weighted by molar-refractivity contribution is -0.137. The fourth-order valence-corrected chi connectivity index (χ4v) is 3.59. The van der Waals surface area contributed by atoms with E-state index in [9.17, 15) is 9.59 Å². The van der Waals surface area contributed by atoms with Gasteiger partial charge < -0.3 is 9.64 Å². The summed E-state index contributed by atoms with van der Waals surface area (Å²) in [7, 11) is 3.26. The Bertz CT molecular complexity index is 928. The van der Waals surface area contributed by atoms with Crippen molar-refractivity contribution < 1.29 is 14.3 Å². The minimum atomic E-state index is -0.820. The van der Waals surface area contributed by atoms with E-state index in [1.54, 1.807) is 27.1 Å². The Hall–Kier alpha value is -2.67. The predicted octanol–water partition coefficient (Wildman–Crippen LogP) is 3.03. The molecule has 1 aromatic carbocycles. The van der Waals surface area contributed by atoms with Crippen LogP contribution in [0.15, 0.2) is 36.4 Å². The zero-order valence-corrected chi connectivity index (χ0v) is 15.3. The molecule has 0 aliphatic heterocycles. The Morgan fingerprint density at radius 3 is 2.56 bits per heavy atom. The first-order valence-electron chi connectivity index (χ1n) is 7.85. The second-order valence-electron chi connectivity index (χ2n) is 5.94. The van der Waals surface area contributed by atoms with Gasteiger partial charge in [0.05, 0.1) is 11.4 Å². The van der Waals surface area contributed by atoms with Crippen molar-refractivity contribution in [1.82, 2.24) is 14.7 Å². The van der Waals surface area contributed by atoms with Crippen LogP contribution >= 0.6 is 11.3 Å². The number of likely N-dealkylation sites (N-methyl/N-ethyl adjacent to an activating group) is 1. The third kappa shape index (κ3) is 3.28. The molecule has 0 spiro atoms. The normalized spacial score (nSPS) is 12.2. The largest absolute Gasteiger partial charge is 0.448 e. The Balaban J connectivity index is 1.92. The number of carbonyl (C=O) groups excluding carboxylic acids is 2. The number of fused-ring (bicyclic) bond motifs is 1. The standard InChI is InChI=1S/C18H19N3O3S/c1-11-14-10-15(18(23)24-12(2)16(22)20(3)4)25-17(14)21(19-11)13-8-6-5-7-9-13/h5-10,12H,1-4H3/t12-/m1/s1. The van der Waals surface area contributed by atoms with Crippen LogP contribution in [0.5, 0.6) is 0 Å². The summed E-state index contributed by atoms with van der Waals surface area (Å²) in [6.45, 7) is 3.48. The second kappa shape index (κ2) is 6.68. The van der Waals surface area contributed by atoms with Gasteiger partial charge in [-0.3, -0.25) is 4.79 Å². The zero-order chi connectivity index (χ0) is 18.1. The molecule has 7 heteroatoms. The summed E-state index contributed by atoms with van der Waals surface area (Å²) in [5.74, 6) is -0.746. The Morgan fingerprint density at radius 2 is 1.92 bits per heavy atom. The van der Waals surface area contributed by atoms with Crippen molar-refractivity contribution in [3.8, 4) is 5.69 Å². The number of esters is 1. The van der Waals surface area contributed by atoms with Gasteiger partial charge in [-0.05, 0) is 32.0 Å². The van der Waals surface area contributed by atoms with E-state index in [1.807, 2.05) is 41.9 Å². The van der Waals surface area contributed by atoms with Crippen LogP contribution in [0.1, 0.15) is 22.3 Å². The molecule has 25 heavy (non-hydrogen) atoms. The van der Waals surface area contributed by atoms with E-state index in [4.69, 9.17) is 4.74 Å². The Morgan fingerprint density at radius 1 is 1.24 bits per heavy atom. The lowest BCUT2D eigenvalue weighted by Gasteiger charge is -2.16. The molecular formula is C18H19N3O3S. The highest BCUT2D eigenvalue weighted by atomic mass is 32.1. The minimum Gasteiger partial charge on any atom is -0.448 e. The van der Waals surface area contributed by atoms with Crippen LogP contribution in [0.2, 0.25) is 0 Å². The molecule has 2 aromatic heterocycles. The first-order valence-corrected chi connectivity index (χ1v) is 8.67. The van der Waals surface area contributed by atoms with Crippen LogP contribution in [0, 0.1) is 6.92 Å². The molecule has 0 unspecified atom stereocenters. The van der Waals surface area contributed by atoms with Gasteiger partial charge in [0.25, 0.3) is 5.91 Å². The van der Waals surface area contributed by atoms with Crippen molar-refractivity contribution in [2.45, 2.75) is 20.0 Å². The number of rotatable bonds is 4. The molecule has 0 aliphatic rings. The third-order valence-corrected chi connectivity index (χ3v) is 4.91. The first-order chi connectivity index (χ1) is 11.9. The van der Waals surface area contributed by atoms with Crippen molar-refractivity contribution in [1.29, 1.82) is 0 Å². The van der Waals surface area contributed by atoms with Gasteiger partial charge in [-0.1, -0.05) is 18.2 Å². The molecule has 1 atom stereocenters. The molecule has 0 radical (unpaired) electrons. The van der Waals surface area contributed by atoms with Crippen molar-refractivity contribution >= 4 is 33.4 Å². The van der Waals surface area contributed by atoms with Crippen molar-refractivity contribution in [3.63, 3.8) is 0 Å². The number of thiophene rings is 1. The van der Waals surface area contributed by atoms with Crippen molar-refractivity contribution in [2.24, 2.45) is 0 Å². The number of ether oxygens (including phenoxy) is 1. The van der Waals surface area contributed by atoms with E-state index >= 15 is 0 Å². The van der Waals surface area contributed by atoms with Crippen LogP contribution in [-0.2, 0) is 9.53 Å². The maximum atomic E-state index is 12.4. The summed E-state index contributed by atoms with van der Waals surface area (Å²) in [5.41, 5.74) is 1.77. The number of hydrogen-bond donors (Lipinski definition) is 0. The molecule has 1 amide bonds. The van der Waals surface area contributed by atoms with Gasteiger partial charge in [0.15, 0.2) is 6.10 Å². The van der Waals surface area contributed by atoms with Gasteiger partial charge >= 0.3 is 5.97 Å². The van der Waals surface area contributed by atoms with Gasteiger partial charge in [0, 0.05) is 19.5 Å². The fourth-order valence-electron chi connectivity index (χ4n) is 2.52. The van der Waals surface area contributed by atoms with Crippen LogP contribution in [0.4, 0.5) is 0 Å². The van der Waals surface area contributed by atoms with Gasteiger partial charge in [-0.15, -0.1) is 11.3 Å². The number of amides is 1. The molecule has 0 aliphatic carbocycles. The number of aromatic nitrogens is 2. The van der Waals surface area contributed by atoms with Gasteiger partial charge in [0.2, 0.25) is 0 Å². The SMILES string of the molecule is Cc1nn(-c2ccccc2)c2sc(C(=O)O[C@H](C)C(=O)N(C)C)cc12. The van der Waals surface area contributed by atoms with Gasteiger partial charge in [-0.2, -0.15) is 5.10 Å². The molecule has 0 N–H and O–H groups in total. The number of carbonyl (C=O) groups is 2. The molecule has 3 aromatic rings. The van der Waals surface area contributed by atoms with E-state index in [0.717, 1.165) is 21.6 Å². The highest BCUT2D eigenvalue weighted by Crippen LogP contribution is 2.31. The van der Waals surface area contributed by atoms with Crippen molar-refractivity contribution in [3.05, 3.63) is 47.0 Å². The zero-order valence-electron chi connectivity index (χ0n) is 14.5. The monoisotopic (exact) mass is 357 g/mol. The summed E-state index contributed by atoms with van der Waals surface area (Å²) >= 11 is 1.31. The molecule has 2 heterocycles. The van der Waals surface area contributed by atoms with E-state index in [-0.39, 0.29) is 5.91 Å². The minimum absolute atomic E-state index is 0.249. The van der Waals surface area contributed by atoms with Gasteiger partial charge in [0.1, 0.15) is 9.71 Å². The van der Waals surface area contributed by atoms with E-state index in [1.165, 1.54) is 16.2 Å². The maximum Gasteiger partial charge on any atom is 0.349 e. The quantitative estimate of drug-likeness (QED) is 0.673. The second-order valence-corrected chi connectivity index (χ2v) is 6.97. The molecule has 0 bridgehead atoms. The highest BCUT2D eigenvalue weighted by Gasteiger charge is 2.23. The number of para-hydroxylation sites is 1. The summed E-state index contributed by atoms with van der Waals surface area (Å²) in [4.78, 5) is 27.0. The highest BCUT2D eigenvalue weighted by molar-refractivity contribution is 7.20. The van der Waals surface area contributed by atoms with Crippen LogP contribution in [-0.4, -0.2) is 46.8 Å². The molecule has 6 nitrogen and oxygen atoms in total. The molecular weight excluding hydrogens is 338 g/mol. The first kappa shape index (κ1) is 17.2. The maximum absolute atomic E-state index is 12.4. The topological polar surface area (TPSA) is 64.4 Å². The molecule has 0 saturated carbocycles. The lowest BCUT2D eigenvalue weighted by Crippen LogP contribution is -2.34. The molecule has 0 saturated heterocycles. The Labute approximate surface area is 149 Å². The van der Waals surface area contributed by atoms with Gasteiger partial charge in [-0.25, -0.2) is 9.48 Å². The summed E-state index contributed by atoms with van der Waals surface area (Å²) < 4.78 is 7.11. The molecule has 0 fully saturated rings. The molecule has 3 rings (SSSR count). The third-order valence-electron chi connectivity index (χ3n) is 3.82. The fraction of sp³-hybridized carbons (Fsp3) is 0.278. The average Bonchev–Trinajstić information content (AvgIpc) is 3.15. The lowest BCUT2D eigenvalue weighted by atomic mass is 10.3. The van der Waals surface area contributed by atoms with E-state index < -0.39 is 12.1 Å². The number of benzene rings is 1. The summed E-state index contributed by atoms with van der Waals surface area (Å²) in [5, 5.41) is 5.46. The average molecular weight is 357 g/mol. The van der Waals surface area contributed by atoms with Crippen LogP contribution in [0.3, 0.4) is 0 Å². The smallest absolute Gasteiger partial charge is 0.349 e. The molecule has 130 valence electrons. The predicted molar refractivity (Wildman–Crippen MR) is 97.3 cm³/mol. The van der Waals surface area contributed by atoms with E-state index in [0.29, 0.717) is 4.88 Å². The number of aryl methyl sites for hydroxylation is 1. The van der Waals surface area contributed by atoms with Crippen LogP contribution < -0.4 is 0 Å². The Kier molecular flexibility index (Phi) is 4.59.